The Morgan fingerprint density at radius 2 is 1.90 bits per heavy atom. The van der Waals surface area contributed by atoms with E-state index in [2.05, 4.69) is 9.88 Å². The van der Waals surface area contributed by atoms with Crippen LogP contribution >= 0.6 is 23.2 Å². The molecule has 3 aromatic rings. The molecule has 0 saturated carbocycles. The summed E-state index contributed by atoms with van der Waals surface area (Å²) in [6, 6.07) is 6.16. The van der Waals surface area contributed by atoms with Crippen molar-refractivity contribution in [3.8, 4) is 22.6 Å². The Labute approximate surface area is 249 Å². The van der Waals surface area contributed by atoms with E-state index in [1.807, 2.05) is 33.8 Å². The van der Waals surface area contributed by atoms with E-state index in [4.69, 9.17) is 48.1 Å². The maximum absolute atomic E-state index is 14.2. The second kappa shape index (κ2) is 12.2. The minimum Gasteiger partial charge on any atom is -0.496 e. The summed E-state index contributed by atoms with van der Waals surface area (Å²) >= 11 is 12.5. The Bertz CT molecular complexity index is 1440. The number of aromatic nitrogens is 2. The zero-order chi connectivity index (χ0) is 30.1. The summed E-state index contributed by atoms with van der Waals surface area (Å²) < 4.78 is 31.7. The van der Waals surface area contributed by atoms with Crippen molar-refractivity contribution in [1.82, 2.24) is 14.9 Å². The molecule has 3 heterocycles. The van der Waals surface area contributed by atoms with Crippen molar-refractivity contribution in [3.05, 3.63) is 58.1 Å². The quantitative estimate of drug-likeness (QED) is 0.307. The molecule has 2 N–H and O–H groups in total. The summed E-state index contributed by atoms with van der Waals surface area (Å²) in [5.74, 6) is 0.989. The summed E-state index contributed by atoms with van der Waals surface area (Å²) in [6.45, 7) is 10.8. The Kier molecular flexibility index (Phi) is 9.03. The molecular weight excluding hydrogens is 572 g/mol. The molecule has 1 amide bonds. The number of hydrogen-bond donors (Lipinski definition) is 1. The number of nitrogens with two attached hydrogens (primary N) is 1. The number of carbonyl (C=O) groups excluding carboxylic acids is 1. The van der Waals surface area contributed by atoms with E-state index in [9.17, 15) is 9.18 Å². The molecule has 1 unspecified atom stereocenters. The Morgan fingerprint density at radius 1 is 1.17 bits per heavy atom. The molecule has 2 atom stereocenters. The molecule has 1 aromatic carbocycles. The molecule has 0 spiro atoms. The van der Waals surface area contributed by atoms with Gasteiger partial charge in [0.05, 0.1) is 12.1 Å². The van der Waals surface area contributed by atoms with Gasteiger partial charge in [-0.2, -0.15) is 0 Å². The summed E-state index contributed by atoms with van der Waals surface area (Å²) in [5.41, 5.74) is 7.16. The van der Waals surface area contributed by atoms with Gasteiger partial charge in [-0.3, -0.25) is 0 Å². The van der Waals surface area contributed by atoms with Gasteiger partial charge >= 0.3 is 6.09 Å². The fourth-order valence-electron chi connectivity index (χ4n) is 4.70. The van der Waals surface area contributed by atoms with Gasteiger partial charge in [0.2, 0.25) is 0 Å². The van der Waals surface area contributed by atoms with Gasteiger partial charge in [0.15, 0.2) is 11.6 Å². The molecule has 9 nitrogen and oxygen atoms in total. The Balaban J connectivity index is 1.61. The van der Waals surface area contributed by atoms with E-state index in [1.165, 1.54) is 12.1 Å². The summed E-state index contributed by atoms with van der Waals surface area (Å²) in [7, 11) is 1.56. The van der Waals surface area contributed by atoms with Crippen molar-refractivity contribution < 1.29 is 23.4 Å². The molecule has 12 heteroatoms. The highest BCUT2D eigenvalue weighted by molar-refractivity contribution is 6.36. The van der Waals surface area contributed by atoms with Crippen molar-refractivity contribution in [2.75, 3.05) is 37.4 Å². The first-order valence-electron chi connectivity index (χ1n) is 13.1. The number of pyridine rings is 2. The van der Waals surface area contributed by atoms with Gasteiger partial charge in [-0.1, -0.05) is 23.2 Å². The third-order valence-corrected chi connectivity index (χ3v) is 7.36. The van der Waals surface area contributed by atoms with E-state index in [0.29, 0.717) is 47.9 Å². The smallest absolute Gasteiger partial charge is 0.410 e. The SMILES string of the molecule is COc1cc(N2CCN(C(=O)OC(C)(C)C)CC2C)ncc1-c1ccnc(N)c1O[C@H](C)c1c(Cl)ccc(F)c1Cl. The molecule has 1 saturated heterocycles. The van der Waals surface area contributed by atoms with Crippen molar-refractivity contribution in [3.63, 3.8) is 0 Å². The summed E-state index contributed by atoms with van der Waals surface area (Å²) in [4.78, 5) is 25.3. The highest BCUT2D eigenvalue weighted by Gasteiger charge is 2.31. The number of anilines is 2. The molecule has 0 bridgehead atoms. The van der Waals surface area contributed by atoms with Gasteiger partial charge < -0.3 is 29.7 Å². The first kappa shape index (κ1) is 30.5. The summed E-state index contributed by atoms with van der Waals surface area (Å²) in [5, 5.41) is 0.135. The van der Waals surface area contributed by atoms with Crippen LogP contribution in [0.5, 0.6) is 11.5 Å². The molecule has 0 radical (unpaired) electrons. The van der Waals surface area contributed by atoms with Crippen molar-refractivity contribution >= 4 is 40.9 Å². The van der Waals surface area contributed by atoms with Gasteiger partial charge in [-0.05, 0) is 52.8 Å². The zero-order valence-electron chi connectivity index (χ0n) is 23.9. The van der Waals surface area contributed by atoms with Gasteiger partial charge in [0.25, 0.3) is 0 Å². The maximum atomic E-state index is 14.2. The number of nitrogen functional groups attached to an aromatic ring is 1. The fourth-order valence-corrected chi connectivity index (χ4v) is 5.37. The van der Waals surface area contributed by atoms with Crippen LogP contribution in [0.2, 0.25) is 10.0 Å². The monoisotopic (exact) mass is 605 g/mol. The van der Waals surface area contributed by atoms with Gasteiger partial charge in [-0.15, -0.1) is 0 Å². The molecule has 0 aliphatic carbocycles. The number of piperazine rings is 1. The molecule has 1 aliphatic rings. The van der Waals surface area contributed by atoms with Crippen LogP contribution in [0.25, 0.3) is 11.1 Å². The lowest BCUT2D eigenvalue weighted by molar-refractivity contribution is 0.0218. The fraction of sp³-hybridized carbons (Fsp3) is 0.414. The minimum absolute atomic E-state index is 0.0172. The first-order valence-corrected chi connectivity index (χ1v) is 13.9. The van der Waals surface area contributed by atoms with Crippen LogP contribution in [0.3, 0.4) is 0 Å². The second-order valence-corrected chi connectivity index (χ2v) is 11.6. The van der Waals surface area contributed by atoms with Crippen LogP contribution in [0, 0.1) is 5.82 Å². The van der Waals surface area contributed by atoms with E-state index in [0.717, 1.165) is 0 Å². The number of nitrogens with zero attached hydrogens (tertiary/aromatic N) is 4. The third-order valence-electron chi connectivity index (χ3n) is 6.65. The first-order chi connectivity index (χ1) is 19.3. The predicted octanol–water partition coefficient (Wildman–Crippen LogP) is 6.77. The lowest BCUT2D eigenvalue weighted by atomic mass is 10.1. The molecule has 41 heavy (non-hydrogen) atoms. The van der Waals surface area contributed by atoms with Gasteiger partial charge in [-0.25, -0.2) is 19.2 Å². The number of hydrogen-bond acceptors (Lipinski definition) is 8. The average molecular weight is 607 g/mol. The Morgan fingerprint density at radius 3 is 2.56 bits per heavy atom. The number of benzene rings is 1. The van der Waals surface area contributed by atoms with Crippen LogP contribution in [0.15, 0.2) is 36.7 Å². The van der Waals surface area contributed by atoms with Crippen molar-refractivity contribution in [1.29, 1.82) is 0 Å². The van der Waals surface area contributed by atoms with E-state index in [1.54, 1.807) is 37.4 Å². The molecule has 4 rings (SSSR count). The van der Waals surface area contributed by atoms with Crippen molar-refractivity contribution in [2.45, 2.75) is 52.4 Å². The third kappa shape index (κ3) is 6.70. The van der Waals surface area contributed by atoms with Crippen LogP contribution in [-0.2, 0) is 4.74 Å². The molecular formula is C29H34Cl2FN5O4. The van der Waals surface area contributed by atoms with Gasteiger partial charge in [0, 0.05) is 65.8 Å². The lowest BCUT2D eigenvalue weighted by Crippen LogP contribution is -2.54. The standard InChI is InChI=1S/C29H34Cl2FN5O4/c1-16-15-36(28(38)41-29(3,4)5)11-12-37(16)23-13-22(39-6)19(14-35-23)18-9-10-34-27(33)26(18)40-17(2)24-20(30)7-8-21(32)25(24)31/h7-10,13-14,16-17H,11-12,15H2,1-6H3,(H2,33,34)/t16?,17-/m1/s1. The normalized spacial score (nSPS) is 16.4. The molecule has 1 aliphatic heterocycles. The maximum Gasteiger partial charge on any atom is 0.410 e. The van der Waals surface area contributed by atoms with Crippen LogP contribution in [0.1, 0.15) is 46.3 Å². The van der Waals surface area contributed by atoms with E-state index < -0.39 is 17.5 Å². The minimum atomic E-state index is -0.753. The number of methoxy groups -OCH3 is 1. The van der Waals surface area contributed by atoms with E-state index in [-0.39, 0.29) is 33.7 Å². The number of ether oxygens (including phenoxy) is 3. The molecule has 220 valence electrons. The van der Waals surface area contributed by atoms with Gasteiger partial charge in [0.1, 0.15) is 29.1 Å². The largest absolute Gasteiger partial charge is 0.496 e. The number of halogens is 3. The Hall–Kier alpha value is -3.50. The molecule has 2 aromatic heterocycles. The predicted molar refractivity (Wildman–Crippen MR) is 159 cm³/mol. The van der Waals surface area contributed by atoms with Crippen LogP contribution in [-0.4, -0.2) is 59.3 Å². The number of rotatable bonds is 6. The zero-order valence-corrected chi connectivity index (χ0v) is 25.4. The van der Waals surface area contributed by atoms with Crippen molar-refractivity contribution in [2.24, 2.45) is 0 Å². The summed E-state index contributed by atoms with van der Waals surface area (Å²) in [6.07, 6.45) is 2.14. The molecule has 1 fully saturated rings. The highest BCUT2D eigenvalue weighted by Crippen LogP contribution is 2.43. The lowest BCUT2D eigenvalue weighted by Gasteiger charge is -2.40. The number of carbonyl (C=O) groups is 1. The van der Waals surface area contributed by atoms with Crippen LogP contribution < -0.4 is 20.1 Å². The topological polar surface area (TPSA) is 103 Å². The number of amides is 1. The second-order valence-electron chi connectivity index (χ2n) is 10.8. The average Bonchev–Trinajstić information content (AvgIpc) is 2.91. The van der Waals surface area contributed by atoms with E-state index >= 15 is 0 Å². The highest BCUT2D eigenvalue weighted by atomic mass is 35.5. The van der Waals surface area contributed by atoms with Crippen LogP contribution in [0.4, 0.5) is 20.8 Å².